The summed E-state index contributed by atoms with van der Waals surface area (Å²) in [7, 11) is 0. The molecule has 0 unspecified atom stereocenters. The van der Waals surface area contributed by atoms with Crippen LogP contribution in [0.4, 0.5) is 0 Å². The van der Waals surface area contributed by atoms with Crippen molar-refractivity contribution in [2.24, 2.45) is 5.73 Å². The second kappa shape index (κ2) is 5.49. The first-order chi connectivity index (χ1) is 8.16. The van der Waals surface area contributed by atoms with Gasteiger partial charge in [0.05, 0.1) is 5.02 Å². The van der Waals surface area contributed by atoms with Crippen molar-refractivity contribution in [1.82, 2.24) is 9.97 Å². The Morgan fingerprint density at radius 2 is 2.12 bits per heavy atom. The van der Waals surface area contributed by atoms with Gasteiger partial charge >= 0.3 is 0 Å². The summed E-state index contributed by atoms with van der Waals surface area (Å²) in [5, 5.41) is 2.37. The van der Waals surface area contributed by atoms with Crippen LogP contribution in [0.5, 0.6) is 0 Å². The van der Waals surface area contributed by atoms with Gasteiger partial charge in [-0.15, -0.1) is 0 Å². The van der Waals surface area contributed by atoms with Crippen molar-refractivity contribution < 1.29 is 0 Å². The van der Waals surface area contributed by atoms with Gasteiger partial charge < -0.3 is 5.73 Å². The van der Waals surface area contributed by atoms with E-state index in [0.29, 0.717) is 5.02 Å². The van der Waals surface area contributed by atoms with Crippen molar-refractivity contribution in [1.29, 1.82) is 0 Å². The van der Waals surface area contributed by atoms with Crippen molar-refractivity contribution in [2.75, 3.05) is 0 Å². The van der Waals surface area contributed by atoms with E-state index in [1.165, 1.54) is 11.8 Å². The Balaban J connectivity index is 2.26. The number of nitrogens with two attached hydrogens (primary N) is 1. The van der Waals surface area contributed by atoms with Crippen LogP contribution in [0.25, 0.3) is 0 Å². The molecule has 0 spiro atoms. The molecule has 0 saturated heterocycles. The first-order valence-corrected chi connectivity index (χ1v) is 6.36. The zero-order valence-electron chi connectivity index (χ0n) is 9.30. The molecule has 0 fully saturated rings. The van der Waals surface area contributed by atoms with Gasteiger partial charge in [-0.05, 0) is 36.9 Å². The minimum absolute atomic E-state index is 0.0431. The number of hydrogen-bond donors (Lipinski definition) is 1. The molecule has 0 radical (unpaired) electrons. The summed E-state index contributed by atoms with van der Waals surface area (Å²) in [5.41, 5.74) is 6.92. The quantitative estimate of drug-likeness (QED) is 0.925. The maximum absolute atomic E-state index is 5.90. The predicted octanol–water partition coefficient (Wildman–Crippen LogP) is 3.30. The van der Waals surface area contributed by atoms with Crippen LogP contribution < -0.4 is 5.73 Å². The Bertz CT molecular complexity index is 499. The van der Waals surface area contributed by atoms with Crippen LogP contribution in [0.3, 0.4) is 0 Å². The lowest BCUT2D eigenvalue weighted by molar-refractivity contribution is 0.779. The molecule has 0 bridgehead atoms. The fourth-order valence-corrected chi connectivity index (χ4v) is 2.39. The average Bonchev–Trinajstić information content (AvgIpc) is 2.32. The van der Waals surface area contributed by atoms with E-state index in [4.69, 9.17) is 17.3 Å². The molecule has 3 nitrogen and oxygen atoms in total. The van der Waals surface area contributed by atoms with Crippen molar-refractivity contribution in [3.8, 4) is 0 Å². The summed E-state index contributed by atoms with van der Waals surface area (Å²) >= 11 is 7.28. The molecule has 2 N–H and O–H groups in total. The zero-order chi connectivity index (χ0) is 12.3. The predicted molar refractivity (Wildman–Crippen MR) is 70.2 cm³/mol. The standard InChI is InChI=1S/C12H12ClN3S/c1-8(14)10-3-2-6-15-12(10)17-11-5-4-9(13)7-16-11/h2-8H,14H2,1H3/t8-/m0/s1. The molecule has 1 atom stereocenters. The summed E-state index contributed by atoms with van der Waals surface area (Å²) in [5.74, 6) is 0. The zero-order valence-corrected chi connectivity index (χ0v) is 10.9. The van der Waals surface area contributed by atoms with E-state index >= 15 is 0 Å². The van der Waals surface area contributed by atoms with Gasteiger partial charge in [0.1, 0.15) is 10.1 Å². The third-order valence-corrected chi connectivity index (χ3v) is 3.40. The molecule has 2 rings (SSSR count). The van der Waals surface area contributed by atoms with Gasteiger partial charge in [0.15, 0.2) is 0 Å². The molecule has 2 heterocycles. The van der Waals surface area contributed by atoms with Crippen LogP contribution in [0, 0.1) is 0 Å². The molecule has 0 aliphatic carbocycles. The molecule has 17 heavy (non-hydrogen) atoms. The smallest absolute Gasteiger partial charge is 0.107 e. The molecule has 2 aromatic heterocycles. The lowest BCUT2D eigenvalue weighted by atomic mass is 10.2. The number of hydrogen-bond acceptors (Lipinski definition) is 4. The SMILES string of the molecule is C[C@H](N)c1cccnc1Sc1ccc(Cl)cn1. The highest BCUT2D eigenvalue weighted by Gasteiger charge is 2.09. The minimum atomic E-state index is -0.0431. The summed E-state index contributed by atoms with van der Waals surface area (Å²) in [6.45, 7) is 1.94. The monoisotopic (exact) mass is 265 g/mol. The van der Waals surface area contributed by atoms with Crippen LogP contribution in [-0.4, -0.2) is 9.97 Å². The van der Waals surface area contributed by atoms with E-state index in [-0.39, 0.29) is 6.04 Å². The fourth-order valence-electron chi connectivity index (χ4n) is 1.36. The van der Waals surface area contributed by atoms with Gasteiger partial charge in [0.2, 0.25) is 0 Å². The number of nitrogens with zero attached hydrogens (tertiary/aromatic N) is 2. The van der Waals surface area contributed by atoms with Crippen molar-refractivity contribution in [3.63, 3.8) is 0 Å². The lowest BCUT2D eigenvalue weighted by Gasteiger charge is -2.10. The Labute approximate surface area is 109 Å². The number of rotatable bonds is 3. The lowest BCUT2D eigenvalue weighted by Crippen LogP contribution is -2.07. The molecule has 2 aromatic rings. The highest BCUT2D eigenvalue weighted by molar-refractivity contribution is 7.99. The molecular weight excluding hydrogens is 254 g/mol. The molecule has 0 saturated carbocycles. The maximum atomic E-state index is 5.90. The molecular formula is C12H12ClN3S. The van der Waals surface area contributed by atoms with Crippen molar-refractivity contribution in [2.45, 2.75) is 23.0 Å². The first-order valence-electron chi connectivity index (χ1n) is 5.16. The second-order valence-corrected chi connectivity index (χ2v) is 5.05. The van der Waals surface area contributed by atoms with Gasteiger partial charge in [0, 0.05) is 24.0 Å². The van der Waals surface area contributed by atoms with E-state index < -0.39 is 0 Å². The summed E-state index contributed by atoms with van der Waals surface area (Å²) < 4.78 is 0. The minimum Gasteiger partial charge on any atom is -0.324 e. The number of halogens is 1. The van der Waals surface area contributed by atoms with Crippen LogP contribution in [0.2, 0.25) is 5.02 Å². The van der Waals surface area contributed by atoms with Gasteiger partial charge in [-0.1, -0.05) is 17.7 Å². The normalized spacial score (nSPS) is 12.4. The third-order valence-electron chi connectivity index (χ3n) is 2.19. The molecule has 0 aliphatic heterocycles. The number of aromatic nitrogens is 2. The van der Waals surface area contributed by atoms with Crippen LogP contribution in [-0.2, 0) is 0 Å². The van der Waals surface area contributed by atoms with E-state index in [9.17, 15) is 0 Å². The van der Waals surface area contributed by atoms with Gasteiger partial charge in [-0.3, -0.25) is 0 Å². The van der Waals surface area contributed by atoms with Crippen molar-refractivity contribution in [3.05, 3.63) is 47.2 Å². The van der Waals surface area contributed by atoms with Gasteiger partial charge in [0.25, 0.3) is 0 Å². The Morgan fingerprint density at radius 1 is 1.29 bits per heavy atom. The molecule has 5 heteroatoms. The highest BCUT2D eigenvalue weighted by Crippen LogP contribution is 2.29. The van der Waals surface area contributed by atoms with Gasteiger partial charge in [-0.2, -0.15) is 0 Å². The van der Waals surface area contributed by atoms with E-state index in [2.05, 4.69) is 9.97 Å². The summed E-state index contributed by atoms with van der Waals surface area (Å²) in [4.78, 5) is 8.55. The largest absolute Gasteiger partial charge is 0.324 e. The second-order valence-electron chi connectivity index (χ2n) is 3.60. The Hall–Kier alpha value is -1.10. The summed E-state index contributed by atoms with van der Waals surface area (Å²) in [6.07, 6.45) is 3.38. The summed E-state index contributed by atoms with van der Waals surface area (Å²) in [6, 6.07) is 7.50. The van der Waals surface area contributed by atoms with Crippen LogP contribution in [0.1, 0.15) is 18.5 Å². The maximum Gasteiger partial charge on any atom is 0.107 e. The van der Waals surface area contributed by atoms with E-state index in [1.54, 1.807) is 12.4 Å². The van der Waals surface area contributed by atoms with Crippen molar-refractivity contribution >= 4 is 23.4 Å². The topological polar surface area (TPSA) is 51.8 Å². The van der Waals surface area contributed by atoms with Crippen LogP contribution in [0.15, 0.2) is 46.7 Å². The third kappa shape index (κ3) is 3.19. The first kappa shape index (κ1) is 12.4. The van der Waals surface area contributed by atoms with Gasteiger partial charge in [-0.25, -0.2) is 9.97 Å². The Morgan fingerprint density at radius 3 is 2.76 bits per heavy atom. The average molecular weight is 266 g/mol. The molecule has 0 aromatic carbocycles. The van der Waals surface area contributed by atoms with E-state index in [1.807, 2.05) is 31.2 Å². The molecule has 0 aliphatic rings. The van der Waals surface area contributed by atoms with Crippen LogP contribution >= 0.6 is 23.4 Å². The van der Waals surface area contributed by atoms with E-state index in [0.717, 1.165) is 15.6 Å². The number of pyridine rings is 2. The Kier molecular flexibility index (Phi) is 3.99. The molecule has 0 amide bonds. The fraction of sp³-hybridized carbons (Fsp3) is 0.167. The molecule has 88 valence electrons. The highest BCUT2D eigenvalue weighted by atomic mass is 35.5.